The topological polar surface area (TPSA) is 69.0 Å². The van der Waals surface area contributed by atoms with Crippen molar-refractivity contribution in [2.24, 2.45) is 0 Å². The largest absolute Gasteiger partial charge is 0.497 e. The Bertz CT molecular complexity index is 944. The van der Waals surface area contributed by atoms with Crippen LogP contribution in [-0.2, 0) is 0 Å². The van der Waals surface area contributed by atoms with Crippen LogP contribution in [0.3, 0.4) is 0 Å². The van der Waals surface area contributed by atoms with E-state index in [1.807, 2.05) is 42.8 Å². The van der Waals surface area contributed by atoms with Gasteiger partial charge in [-0.05, 0) is 38.0 Å². The lowest BCUT2D eigenvalue weighted by Gasteiger charge is -2.12. The molecule has 0 radical (unpaired) electrons. The van der Waals surface area contributed by atoms with Crippen molar-refractivity contribution in [3.63, 3.8) is 0 Å². The number of hydrogen-bond donors (Lipinski definition) is 1. The van der Waals surface area contributed by atoms with Crippen LogP contribution in [0.1, 0.15) is 55.7 Å². The van der Waals surface area contributed by atoms with Gasteiger partial charge in [0.25, 0.3) is 5.91 Å². The standard InChI is InChI=1S/C20H24N4O2/c1-12(2)18-10-16(17-11-21-24(13(3)4)19(17)23-18)20(25)22-14-7-6-8-15(9-14)26-5/h6-13H,1-5H3,(H,22,25). The molecule has 0 aliphatic heterocycles. The van der Waals surface area contributed by atoms with Crippen molar-refractivity contribution in [2.45, 2.75) is 39.7 Å². The summed E-state index contributed by atoms with van der Waals surface area (Å²) in [5, 5.41) is 8.13. The van der Waals surface area contributed by atoms with Crippen LogP contribution in [0.5, 0.6) is 5.75 Å². The van der Waals surface area contributed by atoms with E-state index in [2.05, 4.69) is 24.3 Å². The highest BCUT2D eigenvalue weighted by Crippen LogP contribution is 2.25. The first kappa shape index (κ1) is 17.9. The zero-order valence-electron chi connectivity index (χ0n) is 15.8. The van der Waals surface area contributed by atoms with Crippen molar-refractivity contribution in [3.8, 4) is 5.75 Å². The van der Waals surface area contributed by atoms with Crippen LogP contribution < -0.4 is 10.1 Å². The maximum atomic E-state index is 13.0. The zero-order chi connectivity index (χ0) is 18.8. The Labute approximate surface area is 153 Å². The van der Waals surface area contributed by atoms with Gasteiger partial charge in [-0.3, -0.25) is 4.79 Å². The molecule has 0 spiro atoms. The van der Waals surface area contributed by atoms with Crippen LogP contribution in [0.25, 0.3) is 11.0 Å². The molecule has 0 unspecified atom stereocenters. The first-order chi connectivity index (χ1) is 12.4. The summed E-state index contributed by atoms with van der Waals surface area (Å²) in [5.41, 5.74) is 2.87. The molecular formula is C20H24N4O2. The molecule has 3 rings (SSSR count). The second-order valence-electron chi connectivity index (χ2n) is 6.86. The highest BCUT2D eigenvalue weighted by molar-refractivity contribution is 6.12. The molecule has 1 amide bonds. The first-order valence-corrected chi connectivity index (χ1v) is 8.74. The molecule has 6 nitrogen and oxygen atoms in total. The Morgan fingerprint density at radius 1 is 1.19 bits per heavy atom. The summed E-state index contributed by atoms with van der Waals surface area (Å²) in [4.78, 5) is 17.7. The van der Waals surface area contributed by atoms with Gasteiger partial charge in [0.2, 0.25) is 0 Å². The summed E-state index contributed by atoms with van der Waals surface area (Å²) in [7, 11) is 1.60. The summed E-state index contributed by atoms with van der Waals surface area (Å²) in [6, 6.07) is 9.32. The molecule has 136 valence electrons. The third-order valence-corrected chi connectivity index (χ3v) is 4.24. The third-order valence-electron chi connectivity index (χ3n) is 4.24. The molecule has 3 aromatic rings. The molecular weight excluding hydrogens is 328 g/mol. The van der Waals surface area contributed by atoms with E-state index in [1.165, 1.54) is 0 Å². The van der Waals surface area contributed by atoms with E-state index >= 15 is 0 Å². The Hall–Kier alpha value is -2.89. The smallest absolute Gasteiger partial charge is 0.256 e. The fourth-order valence-corrected chi connectivity index (χ4v) is 2.80. The SMILES string of the molecule is COc1cccc(NC(=O)c2cc(C(C)C)nc3c2cnn3C(C)C)c1. The van der Waals surface area contributed by atoms with Crippen LogP contribution in [0, 0.1) is 0 Å². The van der Waals surface area contributed by atoms with E-state index in [0.717, 1.165) is 16.7 Å². The molecule has 0 saturated heterocycles. The molecule has 2 heterocycles. The van der Waals surface area contributed by atoms with Crippen molar-refractivity contribution in [3.05, 3.63) is 47.8 Å². The van der Waals surface area contributed by atoms with E-state index in [-0.39, 0.29) is 17.9 Å². The average Bonchev–Trinajstić information content (AvgIpc) is 3.05. The Morgan fingerprint density at radius 3 is 2.62 bits per heavy atom. The average molecular weight is 352 g/mol. The number of hydrogen-bond acceptors (Lipinski definition) is 4. The predicted molar refractivity (Wildman–Crippen MR) is 103 cm³/mol. The minimum Gasteiger partial charge on any atom is -0.497 e. The lowest BCUT2D eigenvalue weighted by molar-refractivity contribution is 0.102. The monoisotopic (exact) mass is 352 g/mol. The van der Waals surface area contributed by atoms with Gasteiger partial charge in [0.15, 0.2) is 5.65 Å². The number of amides is 1. The number of benzene rings is 1. The van der Waals surface area contributed by atoms with Crippen molar-refractivity contribution in [1.29, 1.82) is 0 Å². The highest BCUT2D eigenvalue weighted by Gasteiger charge is 2.19. The molecule has 1 aromatic carbocycles. The number of methoxy groups -OCH3 is 1. The molecule has 0 aliphatic rings. The van der Waals surface area contributed by atoms with Gasteiger partial charge in [0.1, 0.15) is 5.75 Å². The lowest BCUT2D eigenvalue weighted by atomic mass is 10.0. The van der Waals surface area contributed by atoms with Gasteiger partial charge < -0.3 is 10.1 Å². The number of rotatable bonds is 5. The first-order valence-electron chi connectivity index (χ1n) is 8.74. The van der Waals surface area contributed by atoms with E-state index in [1.54, 1.807) is 19.4 Å². The van der Waals surface area contributed by atoms with Crippen LogP contribution >= 0.6 is 0 Å². The predicted octanol–water partition coefficient (Wildman–Crippen LogP) is 4.40. The minimum absolute atomic E-state index is 0.164. The number of fused-ring (bicyclic) bond motifs is 1. The van der Waals surface area contributed by atoms with Crippen LogP contribution in [-0.4, -0.2) is 27.8 Å². The highest BCUT2D eigenvalue weighted by atomic mass is 16.5. The molecule has 1 N–H and O–H groups in total. The summed E-state index contributed by atoms with van der Waals surface area (Å²) in [5.74, 6) is 0.715. The summed E-state index contributed by atoms with van der Waals surface area (Å²) in [6.07, 6.45) is 1.72. The lowest BCUT2D eigenvalue weighted by Crippen LogP contribution is -2.14. The zero-order valence-corrected chi connectivity index (χ0v) is 15.8. The summed E-state index contributed by atoms with van der Waals surface area (Å²) in [6.45, 7) is 8.22. The molecule has 0 fully saturated rings. The van der Waals surface area contributed by atoms with Crippen molar-refractivity contribution < 1.29 is 9.53 Å². The van der Waals surface area contributed by atoms with Gasteiger partial charge in [-0.1, -0.05) is 19.9 Å². The van der Waals surface area contributed by atoms with Gasteiger partial charge in [-0.25, -0.2) is 9.67 Å². The normalized spacial score (nSPS) is 11.3. The van der Waals surface area contributed by atoms with Gasteiger partial charge in [-0.15, -0.1) is 0 Å². The van der Waals surface area contributed by atoms with Crippen molar-refractivity contribution >= 4 is 22.6 Å². The Kier molecular flexibility index (Phi) is 4.93. The molecule has 0 bridgehead atoms. The second-order valence-corrected chi connectivity index (χ2v) is 6.86. The number of carbonyl (C=O) groups is 1. The molecule has 0 aliphatic carbocycles. The molecule has 26 heavy (non-hydrogen) atoms. The molecule has 2 aromatic heterocycles. The maximum absolute atomic E-state index is 13.0. The van der Waals surface area contributed by atoms with Crippen LogP contribution in [0.2, 0.25) is 0 Å². The Morgan fingerprint density at radius 2 is 1.96 bits per heavy atom. The number of nitrogens with zero attached hydrogens (tertiary/aromatic N) is 3. The van der Waals surface area contributed by atoms with E-state index in [0.29, 0.717) is 17.0 Å². The number of aromatic nitrogens is 3. The fraction of sp³-hybridized carbons (Fsp3) is 0.350. The third kappa shape index (κ3) is 3.40. The number of ether oxygens (including phenoxy) is 1. The van der Waals surface area contributed by atoms with E-state index in [4.69, 9.17) is 9.72 Å². The Balaban J connectivity index is 2.06. The number of nitrogens with one attached hydrogen (secondary N) is 1. The molecule has 0 saturated carbocycles. The quantitative estimate of drug-likeness (QED) is 0.739. The second kappa shape index (κ2) is 7.15. The fourth-order valence-electron chi connectivity index (χ4n) is 2.80. The molecule has 6 heteroatoms. The van der Waals surface area contributed by atoms with Gasteiger partial charge in [0, 0.05) is 23.5 Å². The summed E-state index contributed by atoms with van der Waals surface area (Å²) < 4.78 is 7.07. The van der Waals surface area contributed by atoms with Gasteiger partial charge in [0.05, 0.1) is 24.3 Å². The van der Waals surface area contributed by atoms with Crippen molar-refractivity contribution in [1.82, 2.24) is 14.8 Å². The van der Waals surface area contributed by atoms with Crippen molar-refractivity contribution in [2.75, 3.05) is 12.4 Å². The maximum Gasteiger partial charge on any atom is 0.256 e. The molecule has 0 atom stereocenters. The van der Waals surface area contributed by atoms with E-state index < -0.39 is 0 Å². The van der Waals surface area contributed by atoms with Gasteiger partial charge >= 0.3 is 0 Å². The summed E-state index contributed by atoms with van der Waals surface area (Å²) >= 11 is 0. The van der Waals surface area contributed by atoms with E-state index in [9.17, 15) is 4.79 Å². The number of anilines is 1. The van der Waals surface area contributed by atoms with Crippen LogP contribution in [0.4, 0.5) is 5.69 Å². The van der Waals surface area contributed by atoms with Crippen LogP contribution in [0.15, 0.2) is 36.5 Å². The number of carbonyl (C=O) groups excluding carboxylic acids is 1. The van der Waals surface area contributed by atoms with Gasteiger partial charge in [-0.2, -0.15) is 5.10 Å². The number of pyridine rings is 1. The minimum atomic E-state index is -0.184.